The summed E-state index contributed by atoms with van der Waals surface area (Å²) < 4.78 is 0. The van der Waals surface area contributed by atoms with Crippen LogP contribution in [-0.2, 0) is 11.2 Å². The molecule has 1 aliphatic carbocycles. The highest BCUT2D eigenvalue weighted by Gasteiger charge is 2.30. The molecule has 0 radical (unpaired) electrons. The molecule has 3 heteroatoms. The van der Waals surface area contributed by atoms with E-state index < -0.39 is 0 Å². The quantitative estimate of drug-likeness (QED) is 0.860. The number of nitrogen functional groups attached to an aromatic ring is 1. The lowest BCUT2D eigenvalue weighted by Gasteiger charge is -2.38. The van der Waals surface area contributed by atoms with Crippen LogP contribution in [0, 0.1) is 5.41 Å². The number of carbonyl (C=O) groups is 1. The Morgan fingerprint density at radius 1 is 1.30 bits per heavy atom. The summed E-state index contributed by atoms with van der Waals surface area (Å²) in [6.45, 7) is 4.63. The molecule has 1 aromatic carbocycles. The van der Waals surface area contributed by atoms with E-state index in [4.69, 9.17) is 5.73 Å². The molecule has 1 amide bonds. The van der Waals surface area contributed by atoms with Crippen molar-refractivity contribution in [3.05, 3.63) is 29.8 Å². The van der Waals surface area contributed by atoms with Crippen molar-refractivity contribution in [2.45, 2.75) is 52.0 Å². The summed E-state index contributed by atoms with van der Waals surface area (Å²) in [5.41, 5.74) is 7.99. The van der Waals surface area contributed by atoms with E-state index in [9.17, 15) is 4.79 Å². The molecule has 1 saturated carbocycles. The summed E-state index contributed by atoms with van der Waals surface area (Å²) in [7, 11) is 1.93. The second kappa shape index (κ2) is 5.86. The number of hydrogen-bond donors (Lipinski definition) is 1. The third-order valence-electron chi connectivity index (χ3n) is 4.65. The van der Waals surface area contributed by atoms with E-state index in [0.29, 0.717) is 23.6 Å². The highest BCUT2D eigenvalue weighted by molar-refractivity contribution is 5.80. The number of para-hydroxylation sites is 1. The fraction of sp³-hybridized carbons (Fsp3) is 0.588. The Labute approximate surface area is 122 Å². The fourth-order valence-electron chi connectivity index (χ4n) is 2.96. The Kier molecular flexibility index (Phi) is 4.36. The summed E-state index contributed by atoms with van der Waals surface area (Å²) in [5, 5.41) is 0. The zero-order valence-corrected chi connectivity index (χ0v) is 12.9. The van der Waals surface area contributed by atoms with Crippen LogP contribution in [-0.4, -0.2) is 23.9 Å². The molecule has 0 saturated heterocycles. The SMILES string of the molecule is CN(C(=O)Cc1ccccc1N)C1CCC(C)(C)CC1. The molecule has 0 heterocycles. The lowest BCUT2D eigenvalue weighted by Crippen LogP contribution is -2.41. The molecule has 2 rings (SSSR count). The maximum absolute atomic E-state index is 12.4. The first-order chi connectivity index (χ1) is 9.39. The Morgan fingerprint density at radius 2 is 1.90 bits per heavy atom. The van der Waals surface area contributed by atoms with Gasteiger partial charge in [0.1, 0.15) is 0 Å². The average molecular weight is 274 g/mol. The van der Waals surface area contributed by atoms with Crippen molar-refractivity contribution in [3.8, 4) is 0 Å². The maximum atomic E-state index is 12.4. The van der Waals surface area contributed by atoms with E-state index in [-0.39, 0.29) is 5.91 Å². The number of amides is 1. The van der Waals surface area contributed by atoms with Gasteiger partial charge in [-0.3, -0.25) is 4.79 Å². The van der Waals surface area contributed by atoms with Crippen LogP contribution in [0.1, 0.15) is 45.1 Å². The summed E-state index contributed by atoms with van der Waals surface area (Å²) in [6.07, 6.45) is 5.02. The molecule has 0 spiro atoms. The standard InChI is InChI=1S/C17H26N2O/c1-17(2)10-8-14(9-11-17)19(3)16(20)12-13-6-4-5-7-15(13)18/h4-7,14H,8-12,18H2,1-3H3. The van der Waals surface area contributed by atoms with Gasteiger partial charge >= 0.3 is 0 Å². The molecule has 1 aliphatic rings. The van der Waals surface area contributed by atoms with Crippen molar-refractivity contribution in [1.29, 1.82) is 0 Å². The molecule has 3 nitrogen and oxygen atoms in total. The molecule has 20 heavy (non-hydrogen) atoms. The Bertz CT molecular complexity index is 472. The Balaban J connectivity index is 1.94. The normalized spacial score (nSPS) is 18.8. The zero-order chi connectivity index (χ0) is 14.8. The van der Waals surface area contributed by atoms with Crippen molar-refractivity contribution < 1.29 is 4.79 Å². The van der Waals surface area contributed by atoms with E-state index in [1.54, 1.807) is 0 Å². The van der Waals surface area contributed by atoms with Gasteiger partial charge in [-0.05, 0) is 42.7 Å². The van der Waals surface area contributed by atoms with Crippen molar-refractivity contribution in [1.82, 2.24) is 4.90 Å². The van der Waals surface area contributed by atoms with Gasteiger partial charge in [-0.25, -0.2) is 0 Å². The fourth-order valence-corrected chi connectivity index (χ4v) is 2.96. The minimum absolute atomic E-state index is 0.174. The zero-order valence-electron chi connectivity index (χ0n) is 12.9. The first kappa shape index (κ1) is 14.9. The Morgan fingerprint density at radius 3 is 2.50 bits per heavy atom. The van der Waals surface area contributed by atoms with Crippen molar-refractivity contribution in [2.24, 2.45) is 5.41 Å². The van der Waals surface area contributed by atoms with Crippen molar-refractivity contribution in [2.75, 3.05) is 12.8 Å². The number of likely N-dealkylation sites (N-methyl/N-ethyl adjacent to an activating group) is 1. The molecule has 0 aliphatic heterocycles. The van der Waals surface area contributed by atoms with Crippen LogP contribution in [0.15, 0.2) is 24.3 Å². The molecule has 1 fully saturated rings. The van der Waals surface area contributed by atoms with Gasteiger partial charge in [-0.15, -0.1) is 0 Å². The van der Waals surface area contributed by atoms with Crippen LogP contribution in [0.4, 0.5) is 5.69 Å². The first-order valence-electron chi connectivity index (χ1n) is 7.48. The van der Waals surface area contributed by atoms with E-state index in [1.165, 1.54) is 12.8 Å². The van der Waals surface area contributed by atoms with Gasteiger partial charge in [-0.2, -0.15) is 0 Å². The third-order valence-corrected chi connectivity index (χ3v) is 4.65. The molecular formula is C17H26N2O. The van der Waals surface area contributed by atoms with Crippen LogP contribution in [0.25, 0.3) is 0 Å². The molecular weight excluding hydrogens is 248 g/mol. The van der Waals surface area contributed by atoms with E-state index >= 15 is 0 Å². The molecule has 0 unspecified atom stereocenters. The largest absolute Gasteiger partial charge is 0.398 e. The average Bonchev–Trinajstić information content (AvgIpc) is 2.40. The van der Waals surface area contributed by atoms with Crippen LogP contribution < -0.4 is 5.73 Å². The number of hydrogen-bond acceptors (Lipinski definition) is 2. The van der Waals surface area contributed by atoms with Crippen LogP contribution >= 0.6 is 0 Å². The summed E-state index contributed by atoms with van der Waals surface area (Å²) >= 11 is 0. The number of anilines is 1. The molecule has 110 valence electrons. The van der Waals surface area contributed by atoms with Crippen molar-refractivity contribution >= 4 is 11.6 Å². The number of carbonyl (C=O) groups excluding carboxylic acids is 1. The molecule has 1 aromatic rings. The lowest BCUT2D eigenvalue weighted by atomic mass is 9.75. The summed E-state index contributed by atoms with van der Waals surface area (Å²) in [6, 6.07) is 8.01. The lowest BCUT2D eigenvalue weighted by molar-refractivity contribution is -0.132. The van der Waals surface area contributed by atoms with Gasteiger partial charge in [0.15, 0.2) is 0 Å². The second-order valence-electron chi connectivity index (χ2n) is 6.78. The molecule has 2 N–H and O–H groups in total. The highest BCUT2D eigenvalue weighted by atomic mass is 16.2. The van der Waals surface area contributed by atoms with Gasteiger partial charge in [0, 0.05) is 18.8 Å². The van der Waals surface area contributed by atoms with E-state index in [1.807, 2.05) is 36.2 Å². The van der Waals surface area contributed by atoms with E-state index in [2.05, 4.69) is 13.8 Å². The smallest absolute Gasteiger partial charge is 0.227 e. The molecule has 0 atom stereocenters. The van der Waals surface area contributed by atoms with Crippen LogP contribution in [0.3, 0.4) is 0 Å². The third kappa shape index (κ3) is 3.53. The minimum Gasteiger partial charge on any atom is -0.398 e. The summed E-state index contributed by atoms with van der Waals surface area (Å²) in [5.74, 6) is 0.174. The van der Waals surface area contributed by atoms with Crippen LogP contribution in [0.2, 0.25) is 0 Å². The van der Waals surface area contributed by atoms with Crippen molar-refractivity contribution in [3.63, 3.8) is 0 Å². The predicted octanol–water partition coefficient (Wildman–Crippen LogP) is 3.24. The van der Waals surface area contributed by atoms with Gasteiger partial charge < -0.3 is 10.6 Å². The number of nitrogens with zero attached hydrogens (tertiary/aromatic N) is 1. The first-order valence-corrected chi connectivity index (χ1v) is 7.48. The van der Waals surface area contributed by atoms with E-state index in [0.717, 1.165) is 18.4 Å². The van der Waals surface area contributed by atoms with Gasteiger partial charge in [0.25, 0.3) is 0 Å². The van der Waals surface area contributed by atoms with Gasteiger partial charge in [0.05, 0.1) is 6.42 Å². The second-order valence-corrected chi connectivity index (χ2v) is 6.78. The molecule has 0 aromatic heterocycles. The highest BCUT2D eigenvalue weighted by Crippen LogP contribution is 2.36. The number of nitrogens with two attached hydrogens (primary N) is 1. The Hall–Kier alpha value is -1.51. The van der Waals surface area contributed by atoms with Crippen LogP contribution in [0.5, 0.6) is 0 Å². The monoisotopic (exact) mass is 274 g/mol. The van der Waals surface area contributed by atoms with Gasteiger partial charge in [-0.1, -0.05) is 32.0 Å². The summed E-state index contributed by atoms with van der Waals surface area (Å²) in [4.78, 5) is 14.3. The van der Waals surface area contributed by atoms with Gasteiger partial charge in [0.2, 0.25) is 5.91 Å². The number of benzene rings is 1. The topological polar surface area (TPSA) is 46.3 Å². The minimum atomic E-state index is 0.174. The maximum Gasteiger partial charge on any atom is 0.227 e. The molecule has 0 bridgehead atoms. The predicted molar refractivity (Wildman–Crippen MR) is 83.4 cm³/mol. The number of rotatable bonds is 3.